The van der Waals surface area contributed by atoms with Crippen LogP contribution in [0.2, 0.25) is 0 Å². The fourth-order valence-corrected chi connectivity index (χ4v) is 2.57. The quantitative estimate of drug-likeness (QED) is 0.466. The van der Waals surface area contributed by atoms with Crippen molar-refractivity contribution in [1.29, 1.82) is 0 Å². The molecule has 0 fully saturated rings. The van der Waals surface area contributed by atoms with Crippen LogP contribution in [0.3, 0.4) is 0 Å². The van der Waals surface area contributed by atoms with Crippen LogP contribution in [0.1, 0.15) is 44.1 Å². The molecule has 0 aromatic carbocycles. The highest BCUT2D eigenvalue weighted by Gasteiger charge is 2.27. The van der Waals surface area contributed by atoms with Gasteiger partial charge in [-0.2, -0.15) is 0 Å². The molecule has 5 nitrogen and oxygen atoms in total. The highest BCUT2D eigenvalue weighted by molar-refractivity contribution is 5.80. The molecule has 0 radical (unpaired) electrons. The van der Waals surface area contributed by atoms with E-state index in [2.05, 4.69) is 10.4 Å². The number of carbonyl (C=O) groups is 1. The molecule has 1 aliphatic carbocycles. The lowest BCUT2D eigenvalue weighted by molar-refractivity contribution is -0.125. The molecule has 1 aliphatic rings. The summed E-state index contributed by atoms with van der Waals surface area (Å²) < 4.78 is 2.00. The highest BCUT2D eigenvalue weighted by Crippen LogP contribution is 2.26. The van der Waals surface area contributed by atoms with Crippen LogP contribution in [0.4, 0.5) is 0 Å². The standard InChI is InChI=1S/C12H20N4O/c1-8(2)11(12(17)15-13)16-7-14-9-5-3-4-6-10(9)16/h7-8,11H,3-6,13H2,1-2H3,(H,15,17). The molecule has 1 aromatic heterocycles. The largest absolute Gasteiger partial charge is 0.322 e. The molecule has 0 aliphatic heterocycles. The lowest BCUT2D eigenvalue weighted by Crippen LogP contribution is -2.39. The Labute approximate surface area is 101 Å². The summed E-state index contributed by atoms with van der Waals surface area (Å²) in [6.07, 6.45) is 6.19. The van der Waals surface area contributed by atoms with Gasteiger partial charge in [-0.15, -0.1) is 0 Å². The zero-order valence-corrected chi connectivity index (χ0v) is 10.4. The third-order valence-corrected chi connectivity index (χ3v) is 3.40. The Kier molecular flexibility index (Phi) is 3.47. The first-order valence-electron chi connectivity index (χ1n) is 6.20. The molecule has 1 heterocycles. The lowest BCUT2D eigenvalue weighted by Gasteiger charge is -2.24. The maximum atomic E-state index is 11.9. The Hall–Kier alpha value is -1.36. The number of hydrogen-bond donors (Lipinski definition) is 2. The van der Waals surface area contributed by atoms with Gasteiger partial charge in [0.25, 0.3) is 5.91 Å². The van der Waals surface area contributed by atoms with Crippen LogP contribution in [0.25, 0.3) is 0 Å². The fraction of sp³-hybridized carbons (Fsp3) is 0.667. The Morgan fingerprint density at radius 3 is 2.82 bits per heavy atom. The van der Waals surface area contributed by atoms with Crippen LogP contribution < -0.4 is 11.3 Å². The van der Waals surface area contributed by atoms with E-state index in [1.54, 1.807) is 6.33 Å². The third-order valence-electron chi connectivity index (χ3n) is 3.40. The van der Waals surface area contributed by atoms with Gasteiger partial charge in [-0.3, -0.25) is 10.2 Å². The van der Waals surface area contributed by atoms with E-state index in [0.717, 1.165) is 18.5 Å². The number of imidazole rings is 1. The number of rotatable bonds is 3. The lowest BCUT2D eigenvalue weighted by atomic mass is 9.98. The van der Waals surface area contributed by atoms with Crippen molar-refractivity contribution in [3.63, 3.8) is 0 Å². The summed E-state index contributed by atoms with van der Waals surface area (Å²) >= 11 is 0. The minimum absolute atomic E-state index is 0.147. The van der Waals surface area contributed by atoms with Gasteiger partial charge in [0.05, 0.1) is 12.0 Å². The van der Waals surface area contributed by atoms with Crippen molar-refractivity contribution in [2.45, 2.75) is 45.6 Å². The van der Waals surface area contributed by atoms with Gasteiger partial charge < -0.3 is 4.57 Å². The van der Waals surface area contributed by atoms with Gasteiger partial charge in [-0.25, -0.2) is 10.8 Å². The van der Waals surface area contributed by atoms with Gasteiger partial charge in [-0.05, 0) is 31.6 Å². The molecule has 1 unspecified atom stereocenters. The van der Waals surface area contributed by atoms with E-state index in [1.807, 2.05) is 18.4 Å². The summed E-state index contributed by atoms with van der Waals surface area (Å²) in [5, 5.41) is 0. The minimum atomic E-state index is -0.255. The fourth-order valence-electron chi connectivity index (χ4n) is 2.57. The van der Waals surface area contributed by atoms with Crippen molar-refractivity contribution in [3.8, 4) is 0 Å². The molecule has 5 heteroatoms. The molecule has 2 rings (SSSR count). The number of amides is 1. The molecule has 17 heavy (non-hydrogen) atoms. The van der Waals surface area contributed by atoms with Gasteiger partial charge in [0.15, 0.2) is 0 Å². The van der Waals surface area contributed by atoms with E-state index in [1.165, 1.54) is 18.5 Å². The van der Waals surface area contributed by atoms with Gasteiger partial charge in [0.2, 0.25) is 0 Å². The number of aromatic nitrogens is 2. The van der Waals surface area contributed by atoms with Gasteiger partial charge >= 0.3 is 0 Å². The third kappa shape index (κ3) is 2.20. The summed E-state index contributed by atoms with van der Waals surface area (Å²) in [5.41, 5.74) is 4.61. The summed E-state index contributed by atoms with van der Waals surface area (Å²) in [5.74, 6) is 5.31. The first-order chi connectivity index (χ1) is 8.15. The average Bonchev–Trinajstić information content (AvgIpc) is 2.73. The van der Waals surface area contributed by atoms with E-state index in [9.17, 15) is 4.79 Å². The topological polar surface area (TPSA) is 72.9 Å². The van der Waals surface area contributed by atoms with Crippen molar-refractivity contribution in [2.75, 3.05) is 0 Å². The van der Waals surface area contributed by atoms with Crippen molar-refractivity contribution in [3.05, 3.63) is 17.7 Å². The van der Waals surface area contributed by atoms with Crippen LogP contribution in [0.5, 0.6) is 0 Å². The summed E-state index contributed by atoms with van der Waals surface area (Å²) in [7, 11) is 0. The van der Waals surface area contributed by atoms with Crippen LogP contribution in [-0.4, -0.2) is 15.5 Å². The highest BCUT2D eigenvalue weighted by atomic mass is 16.2. The number of hydrazine groups is 1. The number of nitrogens with one attached hydrogen (secondary N) is 1. The van der Waals surface area contributed by atoms with E-state index in [-0.39, 0.29) is 17.9 Å². The smallest absolute Gasteiger partial charge is 0.257 e. The Morgan fingerprint density at radius 2 is 2.18 bits per heavy atom. The summed E-state index contributed by atoms with van der Waals surface area (Å²) in [6, 6.07) is -0.255. The Bertz CT molecular complexity index is 411. The predicted octanol–water partition coefficient (Wildman–Crippen LogP) is 0.949. The maximum Gasteiger partial charge on any atom is 0.257 e. The van der Waals surface area contributed by atoms with Crippen molar-refractivity contribution in [1.82, 2.24) is 15.0 Å². The molecule has 1 aromatic rings. The zero-order valence-electron chi connectivity index (χ0n) is 10.4. The molecule has 0 saturated heterocycles. The number of aryl methyl sites for hydroxylation is 1. The van der Waals surface area contributed by atoms with Crippen molar-refractivity contribution < 1.29 is 4.79 Å². The predicted molar refractivity (Wildman–Crippen MR) is 65.1 cm³/mol. The van der Waals surface area contributed by atoms with Gasteiger partial charge in [-0.1, -0.05) is 13.8 Å². The maximum absolute atomic E-state index is 11.9. The summed E-state index contributed by atoms with van der Waals surface area (Å²) in [4.78, 5) is 16.3. The van der Waals surface area contributed by atoms with Crippen LogP contribution in [0.15, 0.2) is 6.33 Å². The van der Waals surface area contributed by atoms with Gasteiger partial charge in [0.1, 0.15) is 6.04 Å². The van der Waals surface area contributed by atoms with Crippen LogP contribution in [0, 0.1) is 5.92 Å². The van der Waals surface area contributed by atoms with E-state index < -0.39 is 0 Å². The normalized spacial score (nSPS) is 16.7. The average molecular weight is 236 g/mol. The molecular weight excluding hydrogens is 216 g/mol. The van der Waals surface area contributed by atoms with Crippen LogP contribution in [-0.2, 0) is 17.6 Å². The Morgan fingerprint density at radius 1 is 1.47 bits per heavy atom. The van der Waals surface area contributed by atoms with Crippen LogP contribution >= 0.6 is 0 Å². The number of nitrogens with zero attached hydrogens (tertiary/aromatic N) is 2. The summed E-state index contributed by atoms with van der Waals surface area (Å²) in [6.45, 7) is 4.05. The van der Waals surface area contributed by atoms with Crippen molar-refractivity contribution in [2.24, 2.45) is 11.8 Å². The second kappa shape index (κ2) is 4.87. The minimum Gasteiger partial charge on any atom is -0.322 e. The van der Waals surface area contributed by atoms with E-state index in [0.29, 0.717) is 0 Å². The number of hydrogen-bond acceptors (Lipinski definition) is 3. The molecule has 1 atom stereocenters. The zero-order chi connectivity index (χ0) is 12.4. The second-order valence-electron chi connectivity index (χ2n) is 4.95. The van der Waals surface area contributed by atoms with E-state index in [4.69, 9.17) is 5.84 Å². The molecule has 0 bridgehead atoms. The first kappa shape index (κ1) is 12.1. The first-order valence-corrected chi connectivity index (χ1v) is 6.20. The SMILES string of the molecule is CC(C)C(C(=O)NN)n1cnc2c1CCCC2. The molecule has 0 saturated carbocycles. The van der Waals surface area contributed by atoms with Gasteiger partial charge in [0, 0.05) is 5.69 Å². The molecule has 1 amide bonds. The number of carbonyl (C=O) groups excluding carboxylic acids is 1. The van der Waals surface area contributed by atoms with Crippen molar-refractivity contribution >= 4 is 5.91 Å². The molecule has 94 valence electrons. The second-order valence-corrected chi connectivity index (χ2v) is 4.95. The molecule has 0 spiro atoms. The number of nitrogens with two attached hydrogens (primary N) is 1. The monoisotopic (exact) mass is 236 g/mol. The molecule has 3 N–H and O–H groups in total. The number of fused-ring (bicyclic) bond motifs is 1. The molecular formula is C12H20N4O. The van der Waals surface area contributed by atoms with E-state index >= 15 is 0 Å². The Balaban J connectivity index is 2.36.